The molecule has 156 valence electrons. The van der Waals surface area contributed by atoms with Crippen LogP contribution in [0.3, 0.4) is 0 Å². The summed E-state index contributed by atoms with van der Waals surface area (Å²) in [5.74, 6) is 0. The van der Waals surface area contributed by atoms with Crippen LogP contribution in [0.5, 0.6) is 0 Å². The molecule has 1 saturated heterocycles. The first-order chi connectivity index (χ1) is 14.6. The molecule has 0 saturated carbocycles. The lowest BCUT2D eigenvalue weighted by molar-refractivity contribution is -0.0286. The summed E-state index contributed by atoms with van der Waals surface area (Å²) in [7, 11) is 0. The summed E-state index contributed by atoms with van der Waals surface area (Å²) in [6.45, 7) is 1.18. The van der Waals surface area contributed by atoms with Crippen molar-refractivity contribution in [2.75, 3.05) is 13.1 Å². The maximum Gasteiger partial charge on any atom is 0.410 e. The Morgan fingerprint density at radius 1 is 0.967 bits per heavy atom. The average molecular weight is 470 g/mol. The van der Waals surface area contributed by atoms with E-state index in [4.69, 9.17) is 4.74 Å². The number of hydrogen-bond donors (Lipinski definition) is 1. The van der Waals surface area contributed by atoms with Crippen molar-refractivity contribution >= 4 is 22.0 Å². The lowest BCUT2D eigenvalue weighted by Gasteiger charge is -2.37. The van der Waals surface area contributed by atoms with Crippen LogP contribution in [0.4, 0.5) is 4.79 Å². The quantitative estimate of drug-likeness (QED) is 0.569. The van der Waals surface area contributed by atoms with E-state index in [1.165, 1.54) is 0 Å². The number of pyridine rings is 2. The first-order valence-electron chi connectivity index (χ1n) is 9.73. The fourth-order valence-electron chi connectivity index (χ4n) is 3.11. The molecule has 1 fully saturated rings. The van der Waals surface area contributed by atoms with Gasteiger partial charge in [-0.05, 0) is 58.6 Å². The fraction of sp³-hybridized carbons (Fsp3) is 0.261. The molecule has 1 amide bonds. The summed E-state index contributed by atoms with van der Waals surface area (Å²) in [5.41, 5.74) is 0.664. The Morgan fingerprint density at radius 2 is 1.60 bits per heavy atom. The molecular weight excluding hydrogens is 446 g/mol. The number of carbonyl (C=O) groups is 1. The van der Waals surface area contributed by atoms with Gasteiger partial charge in [-0.15, -0.1) is 0 Å². The first kappa shape index (κ1) is 21.9. The molecule has 2 aromatic heterocycles. The predicted octanol–water partition coefficient (Wildman–Crippen LogP) is 4.55. The van der Waals surface area contributed by atoms with Gasteiger partial charge < -0.3 is 14.7 Å². The number of aromatic nitrogens is 2. The van der Waals surface area contributed by atoms with Gasteiger partial charge >= 0.3 is 6.09 Å². The van der Waals surface area contributed by atoms with Crippen LogP contribution in [0.25, 0.3) is 0 Å². The van der Waals surface area contributed by atoms with E-state index in [1.807, 2.05) is 66.7 Å². The van der Waals surface area contributed by atoms with E-state index in [0.717, 1.165) is 10.2 Å². The third kappa shape index (κ3) is 6.37. The summed E-state index contributed by atoms with van der Waals surface area (Å²) >= 11 is 3.20. The largest absolute Gasteiger partial charge is 0.445 e. The van der Waals surface area contributed by atoms with Gasteiger partial charge in [0.25, 0.3) is 0 Å². The molecule has 7 heteroatoms. The highest BCUT2D eigenvalue weighted by Crippen LogP contribution is 2.31. The third-order valence-electron chi connectivity index (χ3n) is 4.82. The van der Waals surface area contributed by atoms with Crippen molar-refractivity contribution < 1.29 is 14.6 Å². The van der Waals surface area contributed by atoms with Gasteiger partial charge in [0.2, 0.25) is 0 Å². The highest BCUT2D eigenvalue weighted by Gasteiger charge is 2.36. The maximum atomic E-state index is 12.1. The van der Waals surface area contributed by atoms with Crippen LogP contribution in [0.1, 0.15) is 24.1 Å². The number of amides is 1. The average Bonchev–Trinajstić information content (AvgIpc) is 2.80. The van der Waals surface area contributed by atoms with E-state index in [9.17, 15) is 9.90 Å². The zero-order valence-corrected chi connectivity index (χ0v) is 18.1. The zero-order valence-electron chi connectivity index (χ0n) is 16.5. The minimum Gasteiger partial charge on any atom is -0.445 e. The van der Waals surface area contributed by atoms with Gasteiger partial charge in [-0.2, -0.15) is 0 Å². The number of ether oxygens (including phenoxy) is 1. The Bertz CT molecular complexity index is 903. The number of rotatable bonds is 3. The number of carbonyl (C=O) groups excluding carboxylic acids is 1. The Labute approximate surface area is 184 Å². The van der Waals surface area contributed by atoms with E-state index < -0.39 is 5.60 Å². The van der Waals surface area contributed by atoms with Crippen LogP contribution in [0, 0.1) is 0 Å². The van der Waals surface area contributed by atoms with Crippen molar-refractivity contribution in [2.24, 2.45) is 0 Å². The number of likely N-dealkylation sites (tertiary alicyclic amines) is 1. The monoisotopic (exact) mass is 469 g/mol. The van der Waals surface area contributed by atoms with E-state index >= 15 is 0 Å². The van der Waals surface area contributed by atoms with Crippen LogP contribution in [0.15, 0.2) is 83.7 Å². The fourth-order valence-corrected chi connectivity index (χ4v) is 3.38. The molecule has 1 aliphatic heterocycles. The Kier molecular flexibility index (Phi) is 7.93. The Hall–Kier alpha value is -2.77. The second-order valence-corrected chi connectivity index (χ2v) is 7.74. The normalized spacial score (nSPS) is 14.9. The number of benzene rings is 1. The summed E-state index contributed by atoms with van der Waals surface area (Å²) in [5, 5.41) is 10.7. The molecule has 6 nitrogen and oxygen atoms in total. The van der Waals surface area contributed by atoms with E-state index in [2.05, 4.69) is 25.9 Å². The van der Waals surface area contributed by atoms with E-state index in [1.54, 1.807) is 17.3 Å². The summed E-state index contributed by atoms with van der Waals surface area (Å²) in [4.78, 5) is 21.9. The van der Waals surface area contributed by atoms with Gasteiger partial charge in [0.15, 0.2) is 0 Å². The molecule has 1 N–H and O–H groups in total. The molecule has 0 aliphatic carbocycles. The molecule has 1 aromatic carbocycles. The van der Waals surface area contributed by atoms with Crippen LogP contribution < -0.4 is 0 Å². The molecule has 0 atom stereocenters. The summed E-state index contributed by atoms with van der Waals surface area (Å²) < 4.78 is 6.22. The lowest BCUT2D eigenvalue weighted by atomic mass is 9.88. The number of hydrogen-bond acceptors (Lipinski definition) is 5. The summed E-state index contributed by atoms with van der Waals surface area (Å²) in [6.07, 6.45) is 4.00. The van der Waals surface area contributed by atoms with Crippen LogP contribution in [-0.4, -0.2) is 39.2 Å². The first-order valence-corrected chi connectivity index (χ1v) is 10.5. The number of nitrogens with zero attached hydrogens (tertiary/aromatic N) is 3. The number of aliphatic hydroxyl groups is 1. The highest BCUT2D eigenvalue weighted by molar-refractivity contribution is 9.10. The third-order valence-corrected chi connectivity index (χ3v) is 5.29. The smallest absolute Gasteiger partial charge is 0.410 e. The molecule has 3 heterocycles. The number of piperidine rings is 1. The molecule has 1 aliphatic rings. The van der Waals surface area contributed by atoms with Crippen molar-refractivity contribution in [3.63, 3.8) is 0 Å². The van der Waals surface area contributed by atoms with E-state index in [0.29, 0.717) is 31.6 Å². The topological polar surface area (TPSA) is 75.5 Å². The maximum absolute atomic E-state index is 12.1. The lowest BCUT2D eigenvalue weighted by Crippen LogP contribution is -2.45. The minimum absolute atomic E-state index is 0.265. The molecule has 30 heavy (non-hydrogen) atoms. The van der Waals surface area contributed by atoms with Crippen molar-refractivity contribution in [3.8, 4) is 0 Å². The van der Waals surface area contributed by atoms with E-state index in [-0.39, 0.29) is 12.7 Å². The second kappa shape index (κ2) is 10.8. The van der Waals surface area contributed by atoms with Crippen LogP contribution in [0.2, 0.25) is 0 Å². The number of halogens is 1. The molecule has 4 rings (SSSR count). The van der Waals surface area contributed by atoms with Gasteiger partial charge in [0, 0.05) is 25.5 Å². The minimum atomic E-state index is -0.961. The SMILES string of the molecule is Brc1ccccn1.O=C(OCc1ccccc1)N1CCC(O)(c2ccccn2)CC1. The van der Waals surface area contributed by atoms with Crippen LogP contribution >= 0.6 is 15.9 Å². The van der Waals surface area contributed by atoms with Gasteiger partial charge in [0.1, 0.15) is 16.8 Å². The Balaban J connectivity index is 0.000000310. The van der Waals surface area contributed by atoms with Gasteiger partial charge in [-0.3, -0.25) is 4.98 Å². The van der Waals surface area contributed by atoms with Crippen molar-refractivity contribution in [1.29, 1.82) is 0 Å². The van der Waals surface area contributed by atoms with Crippen molar-refractivity contribution in [1.82, 2.24) is 14.9 Å². The van der Waals surface area contributed by atoms with Gasteiger partial charge in [0.05, 0.1) is 5.69 Å². The molecule has 0 radical (unpaired) electrons. The second-order valence-electron chi connectivity index (χ2n) is 6.93. The van der Waals surface area contributed by atoms with Crippen LogP contribution in [-0.2, 0) is 16.9 Å². The van der Waals surface area contributed by atoms with Crippen molar-refractivity contribution in [2.45, 2.75) is 25.0 Å². The Morgan fingerprint density at radius 3 is 2.13 bits per heavy atom. The standard InChI is InChI=1S/C18H20N2O3.C5H4BrN/c21-17(23-14-15-6-2-1-3-7-15)20-12-9-18(22,10-13-20)16-8-4-5-11-19-16;6-5-3-1-2-4-7-5/h1-8,11,22H,9-10,12-14H2;1-4H. The van der Waals surface area contributed by atoms with Gasteiger partial charge in [-0.1, -0.05) is 42.5 Å². The molecule has 0 bridgehead atoms. The summed E-state index contributed by atoms with van der Waals surface area (Å²) in [6, 6.07) is 20.8. The molecular formula is C23H24BrN3O3. The predicted molar refractivity (Wildman–Crippen MR) is 118 cm³/mol. The molecule has 3 aromatic rings. The van der Waals surface area contributed by atoms with Crippen molar-refractivity contribution in [3.05, 3.63) is 95.0 Å². The molecule has 0 unspecified atom stereocenters. The zero-order chi connectivity index (χ0) is 21.2. The molecule has 0 spiro atoms. The highest BCUT2D eigenvalue weighted by atomic mass is 79.9. The van der Waals surface area contributed by atoms with Gasteiger partial charge in [-0.25, -0.2) is 9.78 Å².